The lowest BCUT2D eigenvalue weighted by molar-refractivity contribution is 0.0697. The van der Waals surface area contributed by atoms with Gasteiger partial charge in [0.1, 0.15) is 11.8 Å². The number of aromatic carboxylic acids is 1. The third-order valence-electron chi connectivity index (χ3n) is 2.32. The molecule has 2 aromatic rings. The van der Waals surface area contributed by atoms with E-state index in [1.165, 1.54) is 12.1 Å². The van der Waals surface area contributed by atoms with Gasteiger partial charge in [0.2, 0.25) is 0 Å². The molecular formula is C12H7BrN2O2. The molecular weight excluding hydrogens is 284 g/mol. The molecule has 1 aromatic carbocycles. The number of carboxylic acid groups (broad SMARTS) is 1. The fraction of sp³-hybridized carbons (Fsp3) is 0. The van der Waals surface area contributed by atoms with Crippen molar-refractivity contribution in [2.24, 2.45) is 0 Å². The van der Waals surface area contributed by atoms with Crippen LogP contribution in [0.3, 0.4) is 0 Å². The molecule has 5 heteroatoms. The minimum Gasteiger partial charge on any atom is -0.478 e. The van der Waals surface area contributed by atoms with E-state index in [0.29, 0.717) is 10.2 Å². The maximum Gasteiger partial charge on any atom is 0.335 e. The van der Waals surface area contributed by atoms with E-state index in [1.54, 1.807) is 29.0 Å². The fourth-order valence-electron chi connectivity index (χ4n) is 1.52. The van der Waals surface area contributed by atoms with E-state index in [9.17, 15) is 4.79 Å². The standard InChI is InChI=1S/C12H7BrN2O2/c13-10-6-8(12(16)17)3-4-11(10)15-5-1-2-9(15)7-14/h1-6H,(H,16,17). The van der Waals surface area contributed by atoms with Crippen molar-refractivity contribution in [3.63, 3.8) is 0 Å². The second-order valence-electron chi connectivity index (χ2n) is 3.35. The highest BCUT2D eigenvalue weighted by Gasteiger charge is 2.09. The molecule has 84 valence electrons. The molecule has 0 aliphatic carbocycles. The molecule has 1 N–H and O–H groups in total. The summed E-state index contributed by atoms with van der Waals surface area (Å²) >= 11 is 3.31. The lowest BCUT2D eigenvalue weighted by Gasteiger charge is -2.08. The van der Waals surface area contributed by atoms with Crippen molar-refractivity contribution < 1.29 is 9.90 Å². The van der Waals surface area contributed by atoms with Gasteiger partial charge in [-0.15, -0.1) is 0 Å². The van der Waals surface area contributed by atoms with Crippen LogP contribution in [0.4, 0.5) is 0 Å². The van der Waals surface area contributed by atoms with Gasteiger partial charge >= 0.3 is 5.97 Å². The molecule has 0 spiro atoms. The Bertz CT molecular complexity index is 626. The van der Waals surface area contributed by atoms with Crippen molar-refractivity contribution in [1.29, 1.82) is 5.26 Å². The smallest absolute Gasteiger partial charge is 0.335 e. The maximum absolute atomic E-state index is 10.8. The summed E-state index contributed by atoms with van der Waals surface area (Å²) in [5.41, 5.74) is 1.43. The average molecular weight is 291 g/mol. The second-order valence-corrected chi connectivity index (χ2v) is 4.20. The molecule has 0 radical (unpaired) electrons. The minimum absolute atomic E-state index is 0.200. The molecule has 0 fully saturated rings. The Morgan fingerprint density at radius 1 is 1.41 bits per heavy atom. The van der Waals surface area contributed by atoms with Crippen molar-refractivity contribution in [2.45, 2.75) is 0 Å². The van der Waals surface area contributed by atoms with E-state index >= 15 is 0 Å². The van der Waals surface area contributed by atoms with Gasteiger partial charge in [0.15, 0.2) is 0 Å². The molecule has 0 unspecified atom stereocenters. The molecule has 1 heterocycles. The number of halogens is 1. The van der Waals surface area contributed by atoms with E-state index in [-0.39, 0.29) is 5.56 Å². The minimum atomic E-state index is -0.981. The molecule has 0 aliphatic heterocycles. The first-order valence-electron chi connectivity index (χ1n) is 4.74. The number of hydrogen-bond acceptors (Lipinski definition) is 2. The van der Waals surface area contributed by atoms with Gasteiger partial charge in [0.25, 0.3) is 0 Å². The summed E-state index contributed by atoms with van der Waals surface area (Å²) < 4.78 is 2.32. The summed E-state index contributed by atoms with van der Waals surface area (Å²) in [6.45, 7) is 0. The predicted octanol–water partition coefficient (Wildman–Crippen LogP) is 2.81. The molecule has 0 saturated heterocycles. The molecule has 2 rings (SSSR count). The Hall–Kier alpha value is -2.06. The highest BCUT2D eigenvalue weighted by Crippen LogP contribution is 2.24. The van der Waals surface area contributed by atoms with E-state index in [0.717, 1.165) is 5.69 Å². The van der Waals surface area contributed by atoms with Crippen LogP contribution in [-0.2, 0) is 0 Å². The average Bonchev–Trinajstić information content (AvgIpc) is 2.76. The third-order valence-corrected chi connectivity index (χ3v) is 2.95. The molecule has 0 atom stereocenters. The number of nitrogens with zero attached hydrogens (tertiary/aromatic N) is 2. The zero-order chi connectivity index (χ0) is 12.4. The number of carbonyl (C=O) groups is 1. The van der Waals surface area contributed by atoms with Crippen LogP contribution >= 0.6 is 15.9 Å². The van der Waals surface area contributed by atoms with Crippen LogP contribution in [0.15, 0.2) is 41.0 Å². The highest BCUT2D eigenvalue weighted by atomic mass is 79.9. The van der Waals surface area contributed by atoms with Crippen LogP contribution in [0.2, 0.25) is 0 Å². The van der Waals surface area contributed by atoms with Crippen molar-refractivity contribution in [2.75, 3.05) is 0 Å². The van der Waals surface area contributed by atoms with Crippen molar-refractivity contribution >= 4 is 21.9 Å². The fourth-order valence-corrected chi connectivity index (χ4v) is 2.09. The van der Waals surface area contributed by atoms with Gasteiger partial charge in [0, 0.05) is 10.7 Å². The Balaban J connectivity index is 2.55. The van der Waals surface area contributed by atoms with Crippen LogP contribution < -0.4 is 0 Å². The summed E-state index contributed by atoms with van der Waals surface area (Å²) in [6.07, 6.45) is 1.75. The normalized spacial score (nSPS) is 9.88. The van der Waals surface area contributed by atoms with Crippen LogP contribution in [0.1, 0.15) is 16.1 Å². The van der Waals surface area contributed by atoms with Gasteiger partial charge in [-0.25, -0.2) is 4.79 Å². The van der Waals surface area contributed by atoms with E-state index in [1.807, 2.05) is 0 Å². The van der Waals surface area contributed by atoms with Gasteiger partial charge in [0.05, 0.1) is 11.3 Å². The predicted molar refractivity (Wildman–Crippen MR) is 65.1 cm³/mol. The highest BCUT2D eigenvalue weighted by molar-refractivity contribution is 9.10. The number of hydrogen-bond donors (Lipinski definition) is 1. The van der Waals surface area contributed by atoms with Gasteiger partial charge in [-0.3, -0.25) is 0 Å². The summed E-state index contributed by atoms with van der Waals surface area (Å²) in [7, 11) is 0. The van der Waals surface area contributed by atoms with Crippen molar-refractivity contribution in [3.8, 4) is 11.8 Å². The first-order valence-corrected chi connectivity index (χ1v) is 5.53. The van der Waals surface area contributed by atoms with Gasteiger partial charge in [-0.05, 0) is 46.3 Å². The van der Waals surface area contributed by atoms with Gasteiger partial charge in [-0.1, -0.05) is 0 Å². The summed E-state index contributed by atoms with van der Waals surface area (Å²) in [5.74, 6) is -0.981. The number of nitriles is 1. The Labute approximate surface area is 106 Å². The second kappa shape index (κ2) is 4.44. The zero-order valence-electron chi connectivity index (χ0n) is 8.59. The largest absolute Gasteiger partial charge is 0.478 e. The molecule has 0 bridgehead atoms. The molecule has 4 nitrogen and oxygen atoms in total. The number of rotatable bonds is 2. The van der Waals surface area contributed by atoms with Gasteiger partial charge < -0.3 is 9.67 Å². The first kappa shape index (κ1) is 11.4. The lowest BCUT2D eigenvalue weighted by atomic mass is 10.2. The van der Waals surface area contributed by atoms with Crippen LogP contribution in [-0.4, -0.2) is 15.6 Å². The number of aromatic nitrogens is 1. The summed E-state index contributed by atoms with van der Waals surface area (Å²) in [6, 6.07) is 10.2. The summed E-state index contributed by atoms with van der Waals surface area (Å²) in [4.78, 5) is 10.8. The monoisotopic (exact) mass is 290 g/mol. The van der Waals surface area contributed by atoms with Crippen LogP contribution in [0, 0.1) is 11.3 Å². The number of benzene rings is 1. The quantitative estimate of drug-likeness (QED) is 0.925. The topological polar surface area (TPSA) is 66.0 Å². The molecule has 17 heavy (non-hydrogen) atoms. The first-order chi connectivity index (χ1) is 8.13. The number of carboxylic acids is 1. The SMILES string of the molecule is N#Cc1cccn1-c1ccc(C(=O)O)cc1Br. The Morgan fingerprint density at radius 2 is 2.18 bits per heavy atom. The van der Waals surface area contributed by atoms with E-state index in [2.05, 4.69) is 22.0 Å². The summed E-state index contributed by atoms with van der Waals surface area (Å²) in [5, 5.41) is 17.8. The van der Waals surface area contributed by atoms with Crippen LogP contribution in [0.5, 0.6) is 0 Å². The van der Waals surface area contributed by atoms with Gasteiger partial charge in [-0.2, -0.15) is 5.26 Å². The van der Waals surface area contributed by atoms with E-state index < -0.39 is 5.97 Å². The third kappa shape index (κ3) is 2.08. The molecule has 0 aliphatic rings. The lowest BCUT2D eigenvalue weighted by Crippen LogP contribution is -2.00. The van der Waals surface area contributed by atoms with E-state index in [4.69, 9.17) is 10.4 Å². The van der Waals surface area contributed by atoms with Crippen molar-refractivity contribution in [3.05, 3.63) is 52.3 Å². The molecule has 0 saturated carbocycles. The molecule has 1 aromatic heterocycles. The maximum atomic E-state index is 10.8. The van der Waals surface area contributed by atoms with Crippen molar-refractivity contribution in [1.82, 2.24) is 4.57 Å². The zero-order valence-corrected chi connectivity index (χ0v) is 10.2. The Morgan fingerprint density at radius 3 is 2.76 bits per heavy atom. The Kier molecular flexibility index (Phi) is 2.98. The molecule has 0 amide bonds. The van der Waals surface area contributed by atoms with Crippen LogP contribution in [0.25, 0.3) is 5.69 Å².